The van der Waals surface area contributed by atoms with E-state index in [1.165, 1.54) is 0 Å². The lowest BCUT2D eigenvalue weighted by Crippen LogP contribution is -2.44. The van der Waals surface area contributed by atoms with E-state index in [0.29, 0.717) is 6.42 Å². The van der Waals surface area contributed by atoms with Crippen molar-refractivity contribution in [3.05, 3.63) is 40.7 Å². The fourth-order valence-electron chi connectivity index (χ4n) is 3.45. The molecule has 1 heterocycles. The topological polar surface area (TPSA) is 122 Å². The standard InChI is InChI=1S/C18H21ClFNO7S/c1-2-17(9-22)10-27-18(28-17)6-5-15(12(8-18)16(23)24)29(25,26)21-14-4-3-11(20)7-13(14)19/h3-4,7-8,15,21-22H,2,5-6,9-10H2,1H3,(H,23,24)/t15?,17-,18?/m0/s1. The monoisotopic (exact) mass is 449 g/mol. The molecule has 2 unspecified atom stereocenters. The molecule has 11 heteroatoms. The molecule has 1 aliphatic heterocycles. The minimum Gasteiger partial charge on any atom is -0.478 e. The smallest absolute Gasteiger partial charge is 0.332 e. The number of anilines is 1. The summed E-state index contributed by atoms with van der Waals surface area (Å²) < 4.78 is 52.7. The molecular weight excluding hydrogens is 429 g/mol. The number of carboxylic acid groups (broad SMARTS) is 1. The number of aliphatic hydroxyl groups excluding tert-OH is 1. The van der Waals surface area contributed by atoms with Gasteiger partial charge in [0.2, 0.25) is 10.0 Å². The van der Waals surface area contributed by atoms with Gasteiger partial charge in [0.1, 0.15) is 16.7 Å². The number of halogens is 2. The molecule has 29 heavy (non-hydrogen) atoms. The quantitative estimate of drug-likeness (QED) is 0.608. The van der Waals surface area contributed by atoms with E-state index in [2.05, 4.69) is 4.72 Å². The van der Waals surface area contributed by atoms with Gasteiger partial charge < -0.3 is 19.7 Å². The van der Waals surface area contributed by atoms with E-state index in [4.69, 9.17) is 21.1 Å². The fraction of sp³-hybridized carbons (Fsp3) is 0.500. The zero-order valence-electron chi connectivity index (χ0n) is 15.5. The van der Waals surface area contributed by atoms with Gasteiger partial charge in [-0.05, 0) is 37.1 Å². The maximum Gasteiger partial charge on any atom is 0.332 e. The van der Waals surface area contributed by atoms with E-state index in [-0.39, 0.29) is 36.8 Å². The third-order valence-corrected chi connectivity index (χ3v) is 7.24. The number of hydrogen-bond acceptors (Lipinski definition) is 6. The van der Waals surface area contributed by atoms with Gasteiger partial charge in [0, 0.05) is 6.42 Å². The number of sulfonamides is 1. The minimum absolute atomic E-state index is 0.0586. The van der Waals surface area contributed by atoms with Gasteiger partial charge in [-0.25, -0.2) is 17.6 Å². The average molecular weight is 450 g/mol. The van der Waals surface area contributed by atoms with Crippen LogP contribution in [0.5, 0.6) is 0 Å². The first-order chi connectivity index (χ1) is 13.6. The molecule has 1 fully saturated rings. The van der Waals surface area contributed by atoms with Gasteiger partial charge in [0.25, 0.3) is 0 Å². The summed E-state index contributed by atoms with van der Waals surface area (Å²) >= 11 is 5.87. The fourth-order valence-corrected chi connectivity index (χ4v) is 5.27. The summed E-state index contributed by atoms with van der Waals surface area (Å²) in [6.07, 6.45) is 1.57. The van der Waals surface area contributed by atoms with Gasteiger partial charge in [-0.15, -0.1) is 0 Å². The summed E-state index contributed by atoms with van der Waals surface area (Å²) in [4.78, 5) is 11.8. The second-order valence-corrected chi connectivity index (χ2v) is 9.37. The maximum absolute atomic E-state index is 13.2. The summed E-state index contributed by atoms with van der Waals surface area (Å²) in [5.74, 6) is -3.48. The molecule has 1 spiro atoms. The lowest BCUT2D eigenvalue weighted by Gasteiger charge is -2.34. The van der Waals surface area contributed by atoms with Gasteiger partial charge in [-0.3, -0.25) is 4.72 Å². The Morgan fingerprint density at radius 2 is 2.17 bits per heavy atom. The predicted molar refractivity (Wildman–Crippen MR) is 103 cm³/mol. The SMILES string of the molecule is CC[C@]1(CO)COC2(C=C(C(=O)O)C(S(=O)(=O)Nc3ccc(F)cc3Cl)CC2)O1. The molecule has 1 aromatic carbocycles. The van der Waals surface area contributed by atoms with Crippen molar-refractivity contribution in [3.8, 4) is 0 Å². The summed E-state index contributed by atoms with van der Waals surface area (Å²) in [7, 11) is -4.22. The van der Waals surface area contributed by atoms with Gasteiger partial charge in [0.15, 0.2) is 5.79 Å². The Balaban J connectivity index is 1.91. The summed E-state index contributed by atoms with van der Waals surface area (Å²) in [6.45, 7) is 1.55. The van der Waals surface area contributed by atoms with Crippen LogP contribution in [0.25, 0.3) is 0 Å². The predicted octanol–water partition coefficient (Wildman–Crippen LogP) is 2.28. The molecule has 0 bridgehead atoms. The molecule has 1 aliphatic carbocycles. The Morgan fingerprint density at radius 3 is 2.72 bits per heavy atom. The first-order valence-electron chi connectivity index (χ1n) is 8.93. The van der Waals surface area contributed by atoms with Crippen molar-refractivity contribution in [3.63, 3.8) is 0 Å². The van der Waals surface area contributed by atoms with Crippen LogP contribution < -0.4 is 4.72 Å². The second-order valence-electron chi connectivity index (χ2n) is 7.10. The zero-order chi connectivity index (χ0) is 21.4. The van der Waals surface area contributed by atoms with Gasteiger partial charge in [-0.1, -0.05) is 18.5 Å². The van der Waals surface area contributed by atoms with E-state index in [0.717, 1.165) is 24.3 Å². The van der Waals surface area contributed by atoms with E-state index < -0.39 is 44.0 Å². The van der Waals surface area contributed by atoms with Crippen LogP contribution >= 0.6 is 11.6 Å². The Morgan fingerprint density at radius 1 is 1.45 bits per heavy atom. The zero-order valence-corrected chi connectivity index (χ0v) is 17.1. The van der Waals surface area contributed by atoms with Crippen molar-refractivity contribution in [2.24, 2.45) is 0 Å². The van der Waals surface area contributed by atoms with Crippen LogP contribution in [0.15, 0.2) is 29.8 Å². The van der Waals surface area contributed by atoms with Gasteiger partial charge in [0.05, 0.1) is 29.5 Å². The van der Waals surface area contributed by atoms with Crippen molar-refractivity contribution in [1.82, 2.24) is 0 Å². The van der Waals surface area contributed by atoms with Crippen molar-refractivity contribution in [1.29, 1.82) is 0 Å². The average Bonchev–Trinajstić information content (AvgIpc) is 3.02. The molecule has 160 valence electrons. The molecule has 3 N–H and O–H groups in total. The Kier molecular flexibility index (Phi) is 5.94. The largest absolute Gasteiger partial charge is 0.478 e. The molecule has 0 radical (unpaired) electrons. The number of rotatable bonds is 6. The number of benzene rings is 1. The highest BCUT2D eigenvalue weighted by molar-refractivity contribution is 7.93. The lowest BCUT2D eigenvalue weighted by molar-refractivity contribution is -0.169. The Labute approximate surface area is 172 Å². The van der Waals surface area contributed by atoms with Crippen molar-refractivity contribution in [2.75, 3.05) is 17.9 Å². The van der Waals surface area contributed by atoms with Crippen molar-refractivity contribution < 1.29 is 37.3 Å². The molecule has 3 rings (SSSR count). The molecule has 3 atom stereocenters. The van der Waals surface area contributed by atoms with Gasteiger partial charge in [-0.2, -0.15) is 0 Å². The maximum atomic E-state index is 13.2. The summed E-state index contributed by atoms with van der Waals surface area (Å²) in [5.41, 5.74) is -1.44. The van der Waals surface area contributed by atoms with Crippen LogP contribution in [-0.4, -0.2) is 54.5 Å². The van der Waals surface area contributed by atoms with E-state index in [1.54, 1.807) is 6.92 Å². The van der Waals surface area contributed by atoms with E-state index >= 15 is 0 Å². The number of hydrogen-bond donors (Lipinski definition) is 3. The second kappa shape index (κ2) is 7.84. The van der Waals surface area contributed by atoms with Crippen molar-refractivity contribution in [2.45, 2.75) is 42.8 Å². The Hall–Kier alpha value is -1.72. The highest BCUT2D eigenvalue weighted by Crippen LogP contribution is 2.43. The number of ether oxygens (including phenoxy) is 2. The molecule has 1 aromatic rings. The summed E-state index contributed by atoms with van der Waals surface area (Å²) in [5, 5.41) is 17.7. The van der Waals surface area contributed by atoms with Crippen LogP contribution in [0, 0.1) is 5.82 Å². The molecule has 2 aliphatic rings. The lowest BCUT2D eigenvalue weighted by atomic mass is 9.94. The molecular formula is C18H21ClFNO7S. The van der Waals surface area contributed by atoms with E-state index in [9.17, 15) is 27.8 Å². The number of aliphatic carboxylic acids is 1. The number of nitrogens with one attached hydrogen (secondary N) is 1. The third kappa shape index (κ3) is 4.26. The van der Waals surface area contributed by atoms with Crippen LogP contribution in [0.2, 0.25) is 5.02 Å². The highest BCUT2D eigenvalue weighted by atomic mass is 35.5. The first-order valence-corrected chi connectivity index (χ1v) is 10.9. The minimum atomic E-state index is -4.22. The third-order valence-electron chi connectivity index (χ3n) is 5.18. The molecule has 0 amide bonds. The molecule has 0 saturated carbocycles. The molecule has 1 saturated heterocycles. The van der Waals surface area contributed by atoms with Crippen molar-refractivity contribution >= 4 is 33.3 Å². The number of aliphatic hydroxyl groups is 1. The van der Waals surface area contributed by atoms with E-state index in [1.807, 2.05) is 0 Å². The highest BCUT2D eigenvalue weighted by Gasteiger charge is 2.52. The number of carboxylic acids is 1. The first kappa shape index (κ1) is 22.0. The van der Waals surface area contributed by atoms with Crippen LogP contribution in [0.1, 0.15) is 26.2 Å². The Bertz CT molecular complexity index is 948. The van der Waals surface area contributed by atoms with Crippen LogP contribution in [0.4, 0.5) is 10.1 Å². The summed E-state index contributed by atoms with van der Waals surface area (Å²) in [6, 6.07) is 3.14. The van der Waals surface area contributed by atoms with Gasteiger partial charge >= 0.3 is 5.97 Å². The van der Waals surface area contributed by atoms with Crippen LogP contribution in [0.3, 0.4) is 0 Å². The van der Waals surface area contributed by atoms with Crippen LogP contribution in [-0.2, 0) is 24.3 Å². The molecule has 8 nitrogen and oxygen atoms in total. The normalized spacial score (nSPS) is 29.7. The number of carbonyl (C=O) groups is 1. The molecule has 0 aromatic heterocycles.